The number of tetrazole rings is 1. The average Bonchev–Trinajstić information content (AvgIpc) is 3.52. The number of benzene rings is 2. The van der Waals surface area contributed by atoms with Gasteiger partial charge in [-0.2, -0.15) is 4.68 Å². The van der Waals surface area contributed by atoms with Crippen molar-refractivity contribution in [2.24, 2.45) is 0 Å². The van der Waals surface area contributed by atoms with E-state index in [2.05, 4.69) is 25.4 Å². The van der Waals surface area contributed by atoms with Crippen molar-refractivity contribution in [2.75, 3.05) is 37.3 Å². The van der Waals surface area contributed by atoms with E-state index in [1.165, 1.54) is 23.9 Å². The summed E-state index contributed by atoms with van der Waals surface area (Å²) >= 11 is 1.43. The number of halogens is 1. The number of thioether (sulfide) groups is 1. The van der Waals surface area contributed by atoms with Gasteiger partial charge in [0.05, 0.1) is 11.9 Å². The monoisotopic (exact) mass is 464 g/mol. The number of imidazole rings is 1. The Morgan fingerprint density at radius 3 is 2.39 bits per heavy atom. The lowest BCUT2D eigenvalue weighted by Crippen LogP contribution is -2.49. The molecule has 3 heterocycles. The normalized spacial score (nSPS) is 14.0. The first-order valence-corrected chi connectivity index (χ1v) is 11.6. The summed E-state index contributed by atoms with van der Waals surface area (Å²) in [7, 11) is 0. The van der Waals surface area contributed by atoms with Crippen LogP contribution in [-0.2, 0) is 0 Å². The lowest BCUT2D eigenvalue weighted by molar-refractivity contribution is 0.0737. The molecule has 2 aromatic carbocycles. The minimum absolute atomic E-state index is 0.116. The van der Waals surface area contributed by atoms with Gasteiger partial charge in [-0.25, -0.2) is 9.37 Å². The van der Waals surface area contributed by atoms with E-state index >= 15 is 0 Å². The number of anilines is 1. The molecule has 2 aromatic heterocycles. The number of carbonyl (C=O) groups is 1. The Labute approximate surface area is 193 Å². The van der Waals surface area contributed by atoms with E-state index in [0.717, 1.165) is 5.69 Å². The molecular formula is C22H21FN8OS. The molecule has 168 valence electrons. The molecule has 0 saturated carbocycles. The topological polar surface area (TPSA) is 85.0 Å². The highest BCUT2D eigenvalue weighted by atomic mass is 32.2. The van der Waals surface area contributed by atoms with Crippen molar-refractivity contribution < 1.29 is 9.18 Å². The fourth-order valence-electron chi connectivity index (χ4n) is 3.86. The fourth-order valence-corrected chi connectivity index (χ4v) is 4.40. The number of piperazine rings is 1. The van der Waals surface area contributed by atoms with E-state index in [4.69, 9.17) is 0 Å². The highest BCUT2D eigenvalue weighted by molar-refractivity contribution is 7.98. The van der Waals surface area contributed by atoms with Crippen LogP contribution in [-0.4, -0.2) is 73.0 Å². The third-order valence-corrected chi connectivity index (χ3v) is 6.17. The van der Waals surface area contributed by atoms with Gasteiger partial charge in [-0.3, -0.25) is 9.36 Å². The molecule has 0 unspecified atom stereocenters. The molecule has 0 N–H and O–H groups in total. The number of hydrogen-bond acceptors (Lipinski definition) is 7. The maximum Gasteiger partial charge on any atom is 0.272 e. The van der Waals surface area contributed by atoms with Crippen LogP contribution in [0.25, 0.3) is 11.4 Å². The Morgan fingerprint density at radius 1 is 0.970 bits per heavy atom. The Balaban J connectivity index is 1.34. The number of nitrogens with zero attached hydrogens (tertiary/aromatic N) is 8. The van der Waals surface area contributed by atoms with Gasteiger partial charge in [-0.15, -0.1) is 0 Å². The highest BCUT2D eigenvalue weighted by Crippen LogP contribution is 2.24. The predicted molar refractivity (Wildman–Crippen MR) is 123 cm³/mol. The van der Waals surface area contributed by atoms with Gasteiger partial charge in [0, 0.05) is 31.9 Å². The molecule has 0 aliphatic carbocycles. The van der Waals surface area contributed by atoms with Crippen LogP contribution < -0.4 is 4.90 Å². The van der Waals surface area contributed by atoms with Crippen molar-refractivity contribution in [1.29, 1.82) is 0 Å². The van der Waals surface area contributed by atoms with Crippen molar-refractivity contribution in [3.8, 4) is 11.4 Å². The zero-order valence-electron chi connectivity index (χ0n) is 17.9. The Bertz CT molecular complexity index is 1250. The van der Waals surface area contributed by atoms with Gasteiger partial charge in [-0.05, 0) is 53.1 Å². The number of aromatic nitrogens is 6. The van der Waals surface area contributed by atoms with Gasteiger partial charge < -0.3 is 9.80 Å². The molecule has 0 bridgehead atoms. The lowest BCUT2D eigenvalue weighted by atomic mass is 10.2. The molecule has 1 saturated heterocycles. The van der Waals surface area contributed by atoms with Crippen molar-refractivity contribution in [3.05, 3.63) is 72.3 Å². The van der Waals surface area contributed by atoms with Crippen LogP contribution in [0.1, 0.15) is 10.5 Å². The van der Waals surface area contributed by atoms with Crippen LogP contribution in [0, 0.1) is 5.82 Å². The van der Waals surface area contributed by atoms with E-state index in [-0.39, 0.29) is 11.7 Å². The van der Waals surface area contributed by atoms with Crippen molar-refractivity contribution >= 4 is 23.6 Å². The molecule has 5 rings (SSSR count). The molecule has 4 aromatic rings. The lowest BCUT2D eigenvalue weighted by Gasteiger charge is -2.34. The standard InChI is InChI=1S/C22H21FN8OS/c1-33-22-24-15-19(30(22)17-9-7-16(23)8-10-17)20(32)28-11-13-29(14-12-28)21-25-26-27-31(21)18-5-3-2-4-6-18/h2-10,15H,11-14H2,1H3. The van der Waals surface area contributed by atoms with Gasteiger partial charge in [0.2, 0.25) is 5.95 Å². The van der Waals surface area contributed by atoms with Crippen LogP contribution in [0.2, 0.25) is 0 Å². The fraction of sp³-hybridized carbons (Fsp3) is 0.227. The second-order valence-corrected chi connectivity index (χ2v) is 8.22. The first-order chi connectivity index (χ1) is 16.2. The summed E-state index contributed by atoms with van der Waals surface area (Å²) < 4.78 is 16.9. The van der Waals surface area contributed by atoms with E-state index in [1.54, 1.807) is 32.5 Å². The Morgan fingerprint density at radius 2 is 1.70 bits per heavy atom. The van der Waals surface area contributed by atoms with Gasteiger partial charge >= 0.3 is 0 Å². The third-order valence-electron chi connectivity index (χ3n) is 5.52. The Kier molecular flexibility index (Phi) is 5.78. The molecule has 0 spiro atoms. The van der Waals surface area contributed by atoms with Gasteiger partial charge in [0.15, 0.2) is 5.16 Å². The van der Waals surface area contributed by atoms with Gasteiger partial charge in [0.25, 0.3) is 5.91 Å². The number of rotatable bonds is 5. The SMILES string of the molecule is CSc1ncc(C(=O)N2CCN(c3nnnn3-c3ccccc3)CC2)n1-c1ccc(F)cc1. The number of carbonyl (C=O) groups excluding carboxylic acids is 1. The van der Waals surface area contributed by atoms with E-state index in [9.17, 15) is 9.18 Å². The first-order valence-electron chi connectivity index (χ1n) is 10.4. The van der Waals surface area contributed by atoms with E-state index in [0.29, 0.717) is 48.7 Å². The summed E-state index contributed by atoms with van der Waals surface area (Å²) in [6, 6.07) is 15.8. The van der Waals surface area contributed by atoms with E-state index in [1.807, 2.05) is 36.6 Å². The maximum atomic E-state index is 13.4. The molecule has 0 atom stereocenters. The summed E-state index contributed by atoms with van der Waals surface area (Å²) in [5.41, 5.74) is 2.03. The summed E-state index contributed by atoms with van der Waals surface area (Å²) in [5.74, 6) is 0.204. The third kappa shape index (κ3) is 4.07. The molecule has 1 aliphatic rings. The minimum Gasteiger partial charge on any atom is -0.336 e. The largest absolute Gasteiger partial charge is 0.336 e. The molecule has 0 radical (unpaired) electrons. The van der Waals surface area contributed by atoms with Crippen LogP contribution in [0.4, 0.5) is 10.3 Å². The predicted octanol–water partition coefficient (Wildman–Crippen LogP) is 2.67. The molecule has 1 fully saturated rings. The van der Waals surface area contributed by atoms with Crippen LogP contribution in [0.15, 0.2) is 66.0 Å². The Hall–Kier alpha value is -3.73. The summed E-state index contributed by atoms with van der Waals surface area (Å²) in [6.07, 6.45) is 3.48. The number of amides is 1. The second kappa shape index (κ2) is 9.02. The summed E-state index contributed by atoms with van der Waals surface area (Å²) in [5, 5.41) is 12.8. The molecular weight excluding hydrogens is 443 g/mol. The van der Waals surface area contributed by atoms with Crippen molar-refractivity contribution in [3.63, 3.8) is 0 Å². The van der Waals surface area contributed by atoms with Gasteiger partial charge in [-0.1, -0.05) is 35.1 Å². The molecule has 33 heavy (non-hydrogen) atoms. The van der Waals surface area contributed by atoms with Crippen LogP contribution in [0.5, 0.6) is 0 Å². The highest BCUT2D eigenvalue weighted by Gasteiger charge is 2.28. The maximum absolute atomic E-state index is 13.4. The molecule has 1 amide bonds. The smallest absolute Gasteiger partial charge is 0.272 e. The van der Waals surface area contributed by atoms with Crippen LogP contribution >= 0.6 is 11.8 Å². The minimum atomic E-state index is -0.327. The molecule has 9 nitrogen and oxygen atoms in total. The van der Waals surface area contributed by atoms with Crippen LogP contribution in [0.3, 0.4) is 0 Å². The second-order valence-electron chi connectivity index (χ2n) is 7.45. The molecule has 11 heteroatoms. The summed E-state index contributed by atoms with van der Waals surface area (Å²) in [6.45, 7) is 2.23. The summed E-state index contributed by atoms with van der Waals surface area (Å²) in [4.78, 5) is 21.7. The molecule has 1 aliphatic heterocycles. The average molecular weight is 465 g/mol. The quantitative estimate of drug-likeness (QED) is 0.420. The zero-order chi connectivity index (χ0) is 22.8. The number of para-hydroxylation sites is 1. The van der Waals surface area contributed by atoms with Crippen molar-refractivity contribution in [1.82, 2.24) is 34.7 Å². The number of hydrogen-bond donors (Lipinski definition) is 0. The first kappa shape index (κ1) is 21.1. The van der Waals surface area contributed by atoms with E-state index < -0.39 is 0 Å². The van der Waals surface area contributed by atoms with Crippen molar-refractivity contribution in [2.45, 2.75) is 5.16 Å². The van der Waals surface area contributed by atoms with Gasteiger partial charge in [0.1, 0.15) is 11.5 Å². The zero-order valence-corrected chi connectivity index (χ0v) is 18.7.